The van der Waals surface area contributed by atoms with Crippen molar-refractivity contribution >= 4 is 15.7 Å². The lowest BCUT2D eigenvalue weighted by Crippen LogP contribution is -2.44. The van der Waals surface area contributed by atoms with Gasteiger partial charge in [-0.15, -0.1) is 0 Å². The zero-order chi connectivity index (χ0) is 15.6. The lowest BCUT2D eigenvalue weighted by molar-refractivity contribution is 0.217. The van der Waals surface area contributed by atoms with Crippen LogP contribution >= 0.6 is 0 Å². The van der Waals surface area contributed by atoms with Gasteiger partial charge >= 0.3 is 0 Å². The second-order valence-electron chi connectivity index (χ2n) is 5.81. The van der Waals surface area contributed by atoms with Gasteiger partial charge in [-0.25, -0.2) is 13.1 Å². The maximum Gasteiger partial charge on any atom is 0.241 e. The molecule has 1 aromatic rings. The van der Waals surface area contributed by atoms with Crippen molar-refractivity contribution in [3.05, 3.63) is 23.3 Å². The van der Waals surface area contributed by atoms with Crippen LogP contribution in [0.1, 0.15) is 30.9 Å². The summed E-state index contributed by atoms with van der Waals surface area (Å²) in [6, 6.07) is 3.44. The molecular weight excluding hydrogens is 286 g/mol. The molecule has 1 aliphatic rings. The van der Waals surface area contributed by atoms with Crippen molar-refractivity contribution in [1.82, 2.24) is 9.62 Å². The lowest BCUT2D eigenvalue weighted by Gasteiger charge is -2.31. The van der Waals surface area contributed by atoms with E-state index >= 15 is 0 Å². The minimum Gasteiger partial charge on any atom is -0.399 e. The van der Waals surface area contributed by atoms with Gasteiger partial charge in [0, 0.05) is 11.7 Å². The lowest BCUT2D eigenvalue weighted by atomic mass is 10.1. The van der Waals surface area contributed by atoms with Crippen molar-refractivity contribution in [2.75, 3.05) is 25.4 Å². The highest BCUT2D eigenvalue weighted by Gasteiger charge is 2.26. The molecule has 0 aromatic heterocycles. The smallest absolute Gasteiger partial charge is 0.241 e. The summed E-state index contributed by atoms with van der Waals surface area (Å²) in [5.41, 5.74) is 7.76. The fraction of sp³-hybridized carbons (Fsp3) is 0.600. The third kappa shape index (κ3) is 3.75. The van der Waals surface area contributed by atoms with Crippen molar-refractivity contribution in [2.24, 2.45) is 0 Å². The number of nitrogen functional groups attached to an aromatic ring is 1. The van der Waals surface area contributed by atoms with E-state index < -0.39 is 10.0 Å². The Morgan fingerprint density at radius 3 is 2.24 bits per heavy atom. The first kappa shape index (κ1) is 16.3. The summed E-state index contributed by atoms with van der Waals surface area (Å²) in [4.78, 5) is 2.71. The normalized spacial score (nSPS) is 18.0. The minimum atomic E-state index is -3.49. The van der Waals surface area contributed by atoms with Crippen molar-refractivity contribution in [3.63, 3.8) is 0 Å². The van der Waals surface area contributed by atoms with Crippen LogP contribution in [0, 0.1) is 13.8 Å². The van der Waals surface area contributed by atoms with E-state index in [4.69, 9.17) is 5.73 Å². The van der Waals surface area contributed by atoms with Crippen molar-refractivity contribution in [3.8, 4) is 0 Å². The second kappa shape index (κ2) is 6.34. The first-order valence-electron chi connectivity index (χ1n) is 7.45. The average molecular weight is 311 g/mol. The Morgan fingerprint density at radius 2 is 1.76 bits per heavy atom. The van der Waals surface area contributed by atoms with Crippen LogP contribution in [-0.4, -0.2) is 39.0 Å². The maximum absolute atomic E-state index is 12.6. The van der Waals surface area contributed by atoms with E-state index in [1.807, 2.05) is 0 Å². The number of aryl methyl sites for hydroxylation is 2. The van der Waals surface area contributed by atoms with Gasteiger partial charge in [0.1, 0.15) is 0 Å². The summed E-state index contributed by atoms with van der Waals surface area (Å²) >= 11 is 0. The van der Waals surface area contributed by atoms with Crippen LogP contribution in [0.2, 0.25) is 0 Å². The molecule has 1 aliphatic heterocycles. The highest BCUT2D eigenvalue weighted by atomic mass is 32.2. The molecular formula is C15H25N3O2S. The Labute approximate surface area is 127 Å². The van der Waals surface area contributed by atoms with Crippen LogP contribution in [-0.2, 0) is 10.0 Å². The third-order valence-electron chi connectivity index (χ3n) is 4.11. The first-order valence-corrected chi connectivity index (χ1v) is 8.93. The van der Waals surface area contributed by atoms with Gasteiger partial charge in [-0.1, -0.05) is 6.92 Å². The Bertz CT molecular complexity index is 582. The molecule has 0 aliphatic carbocycles. The number of nitrogens with two attached hydrogens (primary N) is 1. The van der Waals surface area contributed by atoms with Gasteiger partial charge in [-0.2, -0.15) is 0 Å². The summed E-state index contributed by atoms with van der Waals surface area (Å²) in [6.45, 7) is 8.63. The Morgan fingerprint density at radius 1 is 1.24 bits per heavy atom. The van der Waals surface area contributed by atoms with Gasteiger partial charge in [0.25, 0.3) is 0 Å². The molecule has 0 bridgehead atoms. The molecule has 0 saturated carbocycles. The zero-order valence-corrected chi connectivity index (χ0v) is 13.8. The molecule has 0 amide bonds. The maximum atomic E-state index is 12.6. The number of nitrogens with zero attached hydrogens (tertiary/aromatic N) is 1. The number of hydrogen-bond acceptors (Lipinski definition) is 4. The molecule has 21 heavy (non-hydrogen) atoms. The van der Waals surface area contributed by atoms with Gasteiger partial charge in [-0.3, -0.25) is 0 Å². The van der Waals surface area contributed by atoms with Crippen LogP contribution in [0.5, 0.6) is 0 Å². The molecule has 0 spiro atoms. The third-order valence-corrected chi connectivity index (χ3v) is 5.93. The SMILES string of the molecule is CCN1CCC(NS(=O)(=O)c2c(C)cc(N)cc2C)CC1. The molecule has 1 heterocycles. The molecule has 0 atom stereocenters. The fourth-order valence-electron chi connectivity index (χ4n) is 3.05. The predicted octanol–water partition coefficient (Wildman–Crippen LogP) is 1.65. The fourth-order valence-corrected chi connectivity index (χ4v) is 4.81. The van der Waals surface area contributed by atoms with E-state index in [2.05, 4.69) is 16.5 Å². The van der Waals surface area contributed by atoms with Gasteiger partial charge in [0.05, 0.1) is 4.90 Å². The first-order chi connectivity index (χ1) is 9.83. The van der Waals surface area contributed by atoms with Gasteiger partial charge in [0.2, 0.25) is 10.0 Å². The number of sulfonamides is 1. The summed E-state index contributed by atoms with van der Waals surface area (Å²) in [6.07, 6.45) is 1.72. The Hall–Kier alpha value is -1.11. The number of anilines is 1. The largest absolute Gasteiger partial charge is 0.399 e. The highest BCUT2D eigenvalue weighted by molar-refractivity contribution is 7.89. The molecule has 0 unspecified atom stereocenters. The Balaban J connectivity index is 2.16. The van der Waals surface area contributed by atoms with Crippen LogP contribution in [0.3, 0.4) is 0 Å². The van der Waals surface area contributed by atoms with Crippen molar-refractivity contribution in [2.45, 2.75) is 44.6 Å². The Kier molecular flexibility index (Phi) is 4.91. The summed E-state index contributed by atoms with van der Waals surface area (Å²) in [5, 5.41) is 0. The summed E-state index contributed by atoms with van der Waals surface area (Å²) in [5.74, 6) is 0. The zero-order valence-electron chi connectivity index (χ0n) is 13.0. The summed E-state index contributed by atoms with van der Waals surface area (Å²) in [7, 11) is -3.49. The van der Waals surface area contributed by atoms with Crippen LogP contribution in [0.15, 0.2) is 17.0 Å². The number of hydrogen-bond donors (Lipinski definition) is 2. The molecule has 0 radical (unpaired) electrons. The van der Waals surface area contributed by atoms with E-state index in [-0.39, 0.29) is 6.04 Å². The summed E-state index contributed by atoms with van der Waals surface area (Å²) < 4.78 is 28.1. The van der Waals surface area contributed by atoms with Crippen molar-refractivity contribution in [1.29, 1.82) is 0 Å². The molecule has 118 valence electrons. The molecule has 3 N–H and O–H groups in total. The highest BCUT2D eigenvalue weighted by Crippen LogP contribution is 2.24. The van der Waals surface area contributed by atoms with Crippen LogP contribution in [0.25, 0.3) is 0 Å². The van der Waals surface area contributed by atoms with Crippen molar-refractivity contribution < 1.29 is 8.42 Å². The number of rotatable bonds is 4. The topological polar surface area (TPSA) is 75.4 Å². The number of likely N-dealkylation sites (tertiary alicyclic amines) is 1. The van der Waals surface area contributed by atoms with Crippen LogP contribution < -0.4 is 10.5 Å². The van der Waals surface area contributed by atoms with E-state index in [0.29, 0.717) is 21.7 Å². The number of piperidine rings is 1. The molecule has 1 saturated heterocycles. The molecule has 2 rings (SSSR count). The number of nitrogens with one attached hydrogen (secondary N) is 1. The van der Waals surface area contributed by atoms with Gasteiger partial charge in [0.15, 0.2) is 0 Å². The van der Waals surface area contributed by atoms with E-state index in [0.717, 1.165) is 32.5 Å². The van der Waals surface area contributed by atoms with E-state index in [1.165, 1.54) is 0 Å². The molecule has 1 fully saturated rings. The second-order valence-corrected chi connectivity index (χ2v) is 7.46. The molecule has 1 aromatic carbocycles. The monoisotopic (exact) mass is 311 g/mol. The van der Waals surface area contributed by atoms with E-state index in [9.17, 15) is 8.42 Å². The quantitative estimate of drug-likeness (QED) is 0.829. The van der Waals surface area contributed by atoms with Crippen LogP contribution in [0.4, 0.5) is 5.69 Å². The minimum absolute atomic E-state index is 0.0224. The van der Waals surface area contributed by atoms with E-state index in [1.54, 1.807) is 26.0 Å². The predicted molar refractivity (Wildman–Crippen MR) is 85.8 cm³/mol. The molecule has 6 heteroatoms. The van der Waals surface area contributed by atoms with Gasteiger partial charge < -0.3 is 10.6 Å². The molecule has 5 nitrogen and oxygen atoms in total. The average Bonchev–Trinajstić information content (AvgIpc) is 2.37. The number of benzene rings is 1. The van der Waals surface area contributed by atoms with Gasteiger partial charge in [-0.05, 0) is 69.6 Å². The standard InChI is InChI=1S/C15H25N3O2S/c1-4-18-7-5-14(6-8-18)17-21(19,20)15-11(2)9-13(16)10-12(15)3/h9-10,14,17H,4-8,16H2,1-3H3.